The van der Waals surface area contributed by atoms with E-state index in [1.807, 2.05) is 6.07 Å². The molecule has 0 radical (unpaired) electrons. The van der Waals surface area contributed by atoms with Gasteiger partial charge in [-0.3, -0.25) is 4.72 Å². The molecule has 0 saturated carbocycles. The molecule has 2 aromatic rings. The third kappa shape index (κ3) is 3.86. The summed E-state index contributed by atoms with van der Waals surface area (Å²) in [6.45, 7) is 0. The molecule has 0 aliphatic carbocycles. The van der Waals surface area contributed by atoms with Crippen LogP contribution in [0.1, 0.15) is 5.56 Å². The molecule has 8 heteroatoms. The van der Waals surface area contributed by atoms with Crippen LogP contribution in [-0.4, -0.2) is 8.42 Å². The molecule has 4 nitrogen and oxygen atoms in total. The quantitative estimate of drug-likeness (QED) is 0.675. The van der Waals surface area contributed by atoms with Gasteiger partial charge < -0.3 is 0 Å². The maximum atomic E-state index is 12.5. The van der Waals surface area contributed by atoms with Gasteiger partial charge in [0.2, 0.25) is 0 Å². The molecule has 108 valence electrons. The Morgan fingerprint density at radius 3 is 2.29 bits per heavy atom. The highest BCUT2D eigenvalue weighted by Gasteiger charge is 2.19. The van der Waals surface area contributed by atoms with Gasteiger partial charge in [-0.05, 0) is 52.3 Å². The minimum absolute atomic E-state index is 0.0840. The monoisotopic (exact) mass is 492 g/mol. The first-order chi connectivity index (χ1) is 9.83. The molecule has 0 spiro atoms. The largest absolute Gasteiger partial charge is 0.278 e. The fourth-order valence-electron chi connectivity index (χ4n) is 1.58. The van der Waals surface area contributed by atoms with Gasteiger partial charge in [-0.1, -0.05) is 31.9 Å². The summed E-state index contributed by atoms with van der Waals surface area (Å²) in [5.41, 5.74) is 0.464. The lowest BCUT2D eigenvalue weighted by Gasteiger charge is -2.11. The number of halogens is 3. The van der Waals surface area contributed by atoms with Crippen LogP contribution in [0.4, 0.5) is 5.69 Å². The van der Waals surface area contributed by atoms with E-state index >= 15 is 0 Å². The molecule has 1 N–H and O–H groups in total. The third-order valence-electron chi connectivity index (χ3n) is 2.53. The third-order valence-corrected chi connectivity index (χ3v) is 5.88. The van der Waals surface area contributed by atoms with Crippen LogP contribution < -0.4 is 4.72 Å². The fraction of sp³-hybridized carbons (Fsp3) is 0. The van der Waals surface area contributed by atoms with Crippen LogP contribution in [0.15, 0.2) is 54.7 Å². The van der Waals surface area contributed by atoms with E-state index in [-0.39, 0.29) is 16.1 Å². The summed E-state index contributed by atoms with van der Waals surface area (Å²) >= 11 is 9.71. The molecule has 0 aliphatic heterocycles. The summed E-state index contributed by atoms with van der Waals surface area (Å²) in [7, 11) is -3.81. The SMILES string of the molecule is N#Cc1ccc(Br)cc1NS(=O)(=O)c1cc(Br)ccc1Br. The Hall–Kier alpha value is -0.880. The van der Waals surface area contributed by atoms with Gasteiger partial charge in [0.15, 0.2) is 0 Å². The van der Waals surface area contributed by atoms with Crippen molar-refractivity contribution in [3.8, 4) is 6.07 Å². The van der Waals surface area contributed by atoms with Gasteiger partial charge in [0.05, 0.1) is 11.3 Å². The molecular formula is C13H7Br3N2O2S. The summed E-state index contributed by atoms with van der Waals surface area (Å²) in [6.07, 6.45) is 0. The lowest BCUT2D eigenvalue weighted by atomic mass is 10.2. The van der Waals surface area contributed by atoms with Crippen LogP contribution in [0.5, 0.6) is 0 Å². The fourth-order valence-corrected chi connectivity index (χ4v) is 4.52. The number of rotatable bonds is 3. The highest BCUT2D eigenvalue weighted by atomic mass is 79.9. The van der Waals surface area contributed by atoms with E-state index in [9.17, 15) is 8.42 Å². The minimum atomic E-state index is -3.81. The van der Waals surface area contributed by atoms with Crippen molar-refractivity contribution >= 4 is 63.5 Å². The maximum Gasteiger partial charge on any atom is 0.263 e. The molecule has 0 heterocycles. The summed E-state index contributed by atoms with van der Waals surface area (Å²) < 4.78 is 29.1. The van der Waals surface area contributed by atoms with Crippen molar-refractivity contribution in [1.29, 1.82) is 5.26 Å². The molecule has 0 fully saturated rings. The molecule has 0 aromatic heterocycles. The van der Waals surface area contributed by atoms with E-state index in [4.69, 9.17) is 5.26 Å². The first kappa shape index (κ1) is 16.5. The second-order valence-corrected chi connectivity index (χ2v) is 8.32. The van der Waals surface area contributed by atoms with Gasteiger partial charge in [0, 0.05) is 13.4 Å². The smallest absolute Gasteiger partial charge is 0.263 e. The average Bonchev–Trinajstić information content (AvgIpc) is 2.41. The van der Waals surface area contributed by atoms with Gasteiger partial charge in [0.25, 0.3) is 10.0 Å². The Kier molecular flexibility index (Phi) is 5.09. The predicted molar refractivity (Wildman–Crippen MR) is 91.5 cm³/mol. The zero-order valence-corrected chi connectivity index (χ0v) is 15.8. The molecular weight excluding hydrogens is 488 g/mol. The van der Waals surface area contributed by atoms with Crippen molar-refractivity contribution in [1.82, 2.24) is 0 Å². The zero-order valence-electron chi connectivity index (χ0n) is 10.3. The van der Waals surface area contributed by atoms with Crippen LogP contribution in [0, 0.1) is 11.3 Å². The Labute approximate surface area is 147 Å². The number of anilines is 1. The maximum absolute atomic E-state index is 12.5. The Morgan fingerprint density at radius 1 is 1.00 bits per heavy atom. The highest BCUT2D eigenvalue weighted by molar-refractivity contribution is 9.11. The van der Waals surface area contributed by atoms with Crippen LogP contribution in [0.2, 0.25) is 0 Å². The second-order valence-electron chi connectivity index (χ2n) is 3.98. The molecule has 0 aliphatic rings. The summed E-state index contributed by atoms with van der Waals surface area (Å²) in [5.74, 6) is 0. The summed E-state index contributed by atoms with van der Waals surface area (Å²) in [5, 5.41) is 9.06. The lowest BCUT2D eigenvalue weighted by molar-refractivity contribution is 0.600. The Morgan fingerprint density at radius 2 is 1.62 bits per heavy atom. The molecule has 0 amide bonds. The molecule has 0 saturated heterocycles. The lowest BCUT2D eigenvalue weighted by Crippen LogP contribution is -2.14. The van der Waals surface area contributed by atoms with Crippen molar-refractivity contribution in [2.45, 2.75) is 4.90 Å². The normalized spacial score (nSPS) is 11.0. The van der Waals surface area contributed by atoms with E-state index in [2.05, 4.69) is 52.5 Å². The van der Waals surface area contributed by atoms with Crippen molar-refractivity contribution in [3.63, 3.8) is 0 Å². The van der Waals surface area contributed by atoms with Crippen molar-refractivity contribution in [2.24, 2.45) is 0 Å². The molecule has 0 bridgehead atoms. The van der Waals surface area contributed by atoms with Crippen LogP contribution in [-0.2, 0) is 10.0 Å². The second kappa shape index (κ2) is 6.48. The van der Waals surface area contributed by atoms with Crippen LogP contribution in [0.3, 0.4) is 0 Å². The topological polar surface area (TPSA) is 70.0 Å². The van der Waals surface area contributed by atoms with Gasteiger partial charge in [-0.15, -0.1) is 0 Å². The van der Waals surface area contributed by atoms with Gasteiger partial charge in [-0.2, -0.15) is 5.26 Å². The van der Waals surface area contributed by atoms with E-state index in [1.165, 1.54) is 12.1 Å². The first-order valence-corrected chi connectivity index (χ1v) is 9.37. The standard InChI is InChI=1S/C13H7Br3N2O2S/c14-9-2-1-8(7-17)12(5-9)18-21(19,20)13-6-10(15)3-4-11(13)16/h1-6,18H. The average molecular weight is 495 g/mol. The highest BCUT2D eigenvalue weighted by Crippen LogP contribution is 2.29. The zero-order chi connectivity index (χ0) is 15.6. The number of sulfonamides is 1. The molecule has 2 rings (SSSR count). The number of benzene rings is 2. The predicted octanol–water partition coefficient (Wildman–Crippen LogP) is 4.65. The van der Waals surface area contributed by atoms with Crippen LogP contribution in [0.25, 0.3) is 0 Å². The number of hydrogen-bond donors (Lipinski definition) is 1. The number of nitrogens with zero attached hydrogens (tertiary/aromatic N) is 1. The minimum Gasteiger partial charge on any atom is -0.278 e. The molecule has 0 atom stereocenters. The van der Waals surface area contributed by atoms with Gasteiger partial charge in [-0.25, -0.2) is 8.42 Å². The summed E-state index contributed by atoms with van der Waals surface area (Å²) in [6, 6.07) is 11.5. The van der Waals surface area contributed by atoms with Gasteiger partial charge >= 0.3 is 0 Å². The molecule has 2 aromatic carbocycles. The van der Waals surface area contributed by atoms with Crippen molar-refractivity contribution in [2.75, 3.05) is 4.72 Å². The van der Waals surface area contributed by atoms with E-state index < -0.39 is 10.0 Å². The Bertz CT molecular complexity index is 845. The number of hydrogen-bond acceptors (Lipinski definition) is 3. The van der Waals surface area contributed by atoms with E-state index in [0.717, 1.165) is 0 Å². The van der Waals surface area contributed by atoms with Gasteiger partial charge in [0.1, 0.15) is 11.0 Å². The van der Waals surface area contributed by atoms with Crippen molar-refractivity contribution in [3.05, 3.63) is 55.4 Å². The number of nitrogens with one attached hydrogen (secondary N) is 1. The molecule has 21 heavy (non-hydrogen) atoms. The van der Waals surface area contributed by atoms with E-state index in [0.29, 0.717) is 13.4 Å². The first-order valence-electron chi connectivity index (χ1n) is 5.51. The molecule has 0 unspecified atom stereocenters. The summed E-state index contributed by atoms with van der Waals surface area (Å²) in [4.78, 5) is 0.0840. The number of nitriles is 1. The Balaban J connectivity index is 2.50. The van der Waals surface area contributed by atoms with Crippen LogP contribution >= 0.6 is 47.8 Å². The van der Waals surface area contributed by atoms with E-state index in [1.54, 1.807) is 24.3 Å². The van der Waals surface area contributed by atoms with Crippen molar-refractivity contribution < 1.29 is 8.42 Å².